The van der Waals surface area contributed by atoms with Gasteiger partial charge in [0.05, 0.1) is 12.1 Å². The molecule has 2 unspecified atom stereocenters. The van der Waals surface area contributed by atoms with Crippen LogP contribution >= 0.6 is 11.6 Å². The number of halogens is 1. The van der Waals surface area contributed by atoms with Gasteiger partial charge in [-0.15, -0.1) is 0 Å². The van der Waals surface area contributed by atoms with Crippen LogP contribution in [0.15, 0.2) is 42.6 Å². The number of rotatable bonds is 7. The predicted molar refractivity (Wildman–Crippen MR) is 91.4 cm³/mol. The molecular weight excluding hydrogens is 348 g/mol. The molecule has 0 spiro atoms. The van der Waals surface area contributed by atoms with Crippen LogP contribution in [0.4, 0.5) is 4.79 Å². The normalized spacial score (nSPS) is 13.0. The molecule has 0 saturated carbocycles. The van der Waals surface area contributed by atoms with Gasteiger partial charge in [0.15, 0.2) is 0 Å². The molecule has 25 heavy (non-hydrogen) atoms. The standard InChI is InChI=1S/C17H19ClN2O5/c1-24-16-13(7-12(18)8-19-16)15(22)14(21)9-20-17(23)25-10-11-5-3-2-4-6-11/h2-8,14-15,21-22H,9-10H2,1H3,(H,20,23). The molecule has 2 atom stereocenters. The number of carbonyl (C=O) groups is 1. The zero-order chi connectivity index (χ0) is 18.2. The van der Waals surface area contributed by atoms with E-state index in [1.165, 1.54) is 19.4 Å². The minimum Gasteiger partial charge on any atom is -0.481 e. The zero-order valence-corrected chi connectivity index (χ0v) is 14.3. The van der Waals surface area contributed by atoms with E-state index in [4.69, 9.17) is 21.1 Å². The fourth-order valence-electron chi connectivity index (χ4n) is 2.11. The SMILES string of the molecule is COc1ncc(Cl)cc1C(O)C(O)CNC(=O)OCc1ccccc1. The Morgan fingerprint density at radius 3 is 2.72 bits per heavy atom. The van der Waals surface area contributed by atoms with Crippen molar-refractivity contribution in [2.24, 2.45) is 0 Å². The second kappa shape index (κ2) is 9.22. The highest BCUT2D eigenvalue weighted by Gasteiger charge is 2.23. The van der Waals surface area contributed by atoms with E-state index in [-0.39, 0.29) is 29.6 Å². The third-order valence-corrected chi connectivity index (χ3v) is 3.60. The van der Waals surface area contributed by atoms with Gasteiger partial charge in [0.1, 0.15) is 18.8 Å². The summed E-state index contributed by atoms with van der Waals surface area (Å²) in [5, 5.41) is 23.0. The van der Waals surface area contributed by atoms with E-state index in [1.54, 1.807) is 0 Å². The van der Waals surface area contributed by atoms with Gasteiger partial charge in [-0.05, 0) is 11.6 Å². The number of nitrogens with zero attached hydrogens (tertiary/aromatic N) is 1. The van der Waals surface area contributed by atoms with Gasteiger partial charge in [0.2, 0.25) is 5.88 Å². The number of hydrogen-bond donors (Lipinski definition) is 3. The van der Waals surface area contributed by atoms with Gasteiger partial charge >= 0.3 is 6.09 Å². The number of benzene rings is 1. The van der Waals surface area contributed by atoms with E-state index in [2.05, 4.69) is 10.3 Å². The number of hydrogen-bond acceptors (Lipinski definition) is 6. The van der Waals surface area contributed by atoms with Gasteiger partial charge in [0.25, 0.3) is 0 Å². The van der Waals surface area contributed by atoms with E-state index in [1.807, 2.05) is 30.3 Å². The number of carbonyl (C=O) groups excluding carboxylic acids is 1. The van der Waals surface area contributed by atoms with Gasteiger partial charge in [0, 0.05) is 18.3 Å². The third-order valence-electron chi connectivity index (χ3n) is 3.39. The van der Waals surface area contributed by atoms with Gasteiger partial charge < -0.3 is 25.0 Å². The molecule has 1 heterocycles. The number of aliphatic hydroxyl groups is 2. The number of pyridine rings is 1. The summed E-state index contributed by atoms with van der Waals surface area (Å²) in [6.07, 6.45) is -1.97. The van der Waals surface area contributed by atoms with Crippen molar-refractivity contribution in [2.45, 2.75) is 18.8 Å². The number of methoxy groups -OCH3 is 1. The molecule has 7 nitrogen and oxygen atoms in total. The molecule has 2 aromatic rings. The molecule has 0 aliphatic rings. The monoisotopic (exact) mass is 366 g/mol. The van der Waals surface area contributed by atoms with Crippen molar-refractivity contribution in [1.82, 2.24) is 10.3 Å². The van der Waals surface area contributed by atoms with Crippen molar-refractivity contribution in [3.05, 3.63) is 58.7 Å². The van der Waals surface area contributed by atoms with Crippen LogP contribution in [-0.2, 0) is 11.3 Å². The molecule has 8 heteroatoms. The first-order chi connectivity index (χ1) is 12.0. The molecule has 0 bridgehead atoms. The number of alkyl carbamates (subject to hydrolysis) is 1. The molecule has 0 aliphatic carbocycles. The Labute approximate surface area is 150 Å². The Bertz CT molecular complexity index is 699. The van der Waals surface area contributed by atoms with Gasteiger partial charge in [-0.3, -0.25) is 0 Å². The Morgan fingerprint density at radius 2 is 2.04 bits per heavy atom. The first-order valence-electron chi connectivity index (χ1n) is 7.51. The molecule has 3 N–H and O–H groups in total. The summed E-state index contributed by atoms with van der Waals surface area (Å²) in [6, 6.07) is 10.6. The van der Waals surface area contributed by atoms with Crippen LogP contribution in [0.5, 0.6) is 5.88 Å². The average Bonchev–Trinajstić information content (AvgIpc) is 2.64. The summed E-state index contributed by atoms with van der Waals surface area (Å²) in [5.41, 5.74) is 1.06. The maximum atomic E-state index is 11.7. The fourth-order valence-corrected chi connectivity index (χ4v) is 2.27. The van der Waals surface area contributed by atoms with Crippen LogP contribution in [0.25, 0.3) is 0 Å². The second-order valence-corrected chi connectivity index (χ2v) is 5.64. The molecule has 1 aromatic carbocycles. The van der Waals surface area contributed by atoms with E-state index >= 15 is 0 Å². The summed E-state index contributed by atoms with van der Waals surface area (Å²) in [7, 11) is 1.39. The minimum atomic E-state index is -1.34. The van der Waals surface area contributed by atoms with Crippen molar-refractivity contribution < 1.29 is 24.5 Å². The van der Waals surface area contributed by atoms with Gasteiger partial charge in [-0.1, -0.05) is 41.9 Å². The van der Waals surface area contributed by atoms with E-state index in [0.29, 0.717) is 0 Å². The van der Waals surface area contributed by atoms with E-state index in [0.717, 1.165) is 5.56 Å². The molecule has 0 aliphatic heterocycles. The van der Waals surface area contributed by atoms with Crippen LogP contribution in [0, 0.1) is 0 Å². The summed E-state index contributed by atoms with van der Waals surface area (Å²) >= 11 is 5.85. The van der Waals surface area contributed by atoms with E-state index < -0.39 is 18.3 Å². The Balaban J connectivity index is 1.86. The number of nitrogens with one attached hydrogen (secondary N) is 1. The van der Waals surface area contributed by atoms with Gasteiger partial charge in [-0.25, -0.2) is 9.78 Å². The number of aliphatic hydroxyl groups excluding tert-OH is 2. The Hall–Kier alpha value is -2.35. The summed E-state index contributed by atoms with van der Waals surface area (Å²) < 4.78 is 10.1. The molecular formula is C17H19ClN2O5. The molecule has 134 valence electrons. The highest BCUT2D eigenvalue weighted by atomic mass is 35.5. The predicted octanol–water partition coefficient (Wildman–Crippen LogP) is 2.06. The highest BCUT2D eigenvalue weighted by molar-refractivity contribution is 6.30. The van der Waals surface area contributed by atoms with Crippen molar-refractivity contribution in [3.8, 4) is 5.88 Å². The van der Waals surface area contributed by atoms with Crippen molar-refractivity contribution in [3.63, 3.8) is 0 Å². The van der Waals surface area contributed by atoms with Crippen LogP contribution in [-0.4, -0.2) is 41.0 Å². The topological polar surface area (TPSA) is 101 Å². The number of aromatic nitrogens is 1. The average molecular weight is 367 g/mol. The smallest absolute Gasteiger partial charge is 0.407 e. The Kier molecular flexibility index (Phi) is 7.00. The van der Waals surface area contributed by atoms with E-state index in [9.17, 15) is 15.0 Å². The second-order valence-electron chi connectivity index (χ2n) is 5.21. The summed E-state index contributed by atoms with van der Waals surface area (Å²) in [5.74, 6) is 0.141. The highest BCUT2D eigenvalue weighted by Crippen LogP contribution is 2.27. The van der Waals surface area contributed by atoms with Gasteiger partial charge in [-0.2, -0.15) is 0 Å². The molecule has 0 saturated heterocycles. The molecule has 0 radical (unpaired) electrons. The third kappa shape index (κ3) is 5.60. The Morgan fingerprint density at radius 1 is 1.32 bits per heavy atom. The summed E-state index contributed by atoms with van der Waals surface area (Å²) in [4.78, 5) is 15.6. The largest absolute Gasteiger partial charge is 0.481 e. The lowest BCUT2D eigenvalue weighted by molar-refractivity contribution is 0.0168. The maximum Gasteiger partial charge on any atom is 0.407 e. The maximum absolute atomic E-state index is 11.7. The van der Waals surface area contributed by atoms with Crippen molar-refractivity contribution in [1.29, 1.82) is 0 Å². The number of amides is 1. The first kappa shape index (κ1) is 19.0. The fraction of sp³-hybridized carbons (Fsp3) is 0.294. The van der Waals surface area contributed by atoms with Crippen LogP contribution in [0.3, 0.4) is 0 Å². The first-order valence-corrected chi connectivity index (χ1v) is 7.89. The van der Waals surface area contributed by atoms with Crippen LogP contribution in [0.2, 0.25) is 5.02 Å². The molecule has 1 amide bonds. The van der Waals surface area contributed by atoms with Crippen LogP contribution < -0.4 is 10.1 Å². The quantitative estimate of drug-likeness (QED) is 0.693. The van der Waals surface area contributed by atoms with Crippen molar-refractivity contribution >= 4 is 17.7 Å². The summed E-state index contributed by atoms with van der Waals surface area (Å²) in [6.45, 7) is -0.109. The lowest BCUT2D eigenvalue weighted by Gasteiger charge is -2.20. The lowest BCUT2D eigenvalue weighted by Crippen LogP contribution is -2.36. The zero-order valence-electron chi connectivity index (χ0n) is 13.6. The number of ether oxygens (including phenoxy) is 2. The lowest BCUT2D eigenvalue weighted by atomic mass is 10.1. The molecule has 1 aromatic heterocycles. The van der Waals surface area contributed by atoms with Crippen LogP contribution in [0.1, 0.15) is 17.2 Å². The van der Waals surface area contributed by atoms with Crippen molar-refractivity contribution in [2.75, 3.05) is 13.7 Å². The molecule has 2 rings (SSSR count). The minimum absolute atomic E-state index is 0.108. The molecule has 0 fully saturated rings.